The zero-order valence-corrected chi connectivity index (χ0v) is 9.54. The van der Waals surface area contributed by atoms with Crippen molar-refractivity contribution in [3.63, 3.8) is 0 Å². The predicted molar refractivity (Wildman–Crippen MR) is 59.2 cm³/mol. The molecule has 0 aromatic heterocycles. The third kappa shape index (κ3) is 4.47. The molecule has 1 unspecified atom stereocenters. The van der Waals surface area contributed by atoms with E-state index in [1.165, 1.54) is 0 Å². The summed E-state index contributed by atoms with van der Waals surface area (Å²) in [5.74, 6) is 0.149. The molecule has 1 heterocycles. The summed E-state index contributed by atoms with van der Waals surface area (Å²) in [6.07, 6.45) is 2.98. The molecule has 5 nitrogen and oxygen atoms in total. The van der Waals surface area contributed by atoms with E-state index in [-0.39, 0.29) is 12.0 Å². The third-order valence-corrected chi connectivity index (χ3v) is 2.73. The summed E-state index contributed by atoms with van der Waals surface area (Å²) in [7, 11) is 0. The fraction of sp³-hybridized carbons (Fsp3) is 0.909. The summed E-state index contributed by atoms with van der Waals surface area (Å²) in [6, 6.07) is 0.461. The van der Waals surface area contributed by atoms with Crippen molar-refractivity contribution >= 4 is 5.91 Å². The largest absolute Gasteiger partial charge is 0.376 e. The number of hydrogen-bond acceptors (Lipinski definition) is 4. The number of rotatable bonds is 6. The highest BCUT2D eigenvalue weighted by Crippen LogP contribution is 2.18. The SMILES string of the molecule is O=C(CCNCC1COCCO1)NC1CC1. The van der Waals surface area contributed by atoms with Gasteiger partial charge in [0.1, 0.15) is 0 Å². The van der Waals surface area contributed by atoms with E-state index in [2.05, 4.69) is 10.6 Å². The highest BCUT2D eigenvalue weighted by Gasteiger charge is 2.22. The molecule has 2 N–H and O–H groups in total. The molecule has 92 valence electrons. The van der Waals surface area contributed by atoms with Gasteiger partial charge in [-0.15, -0.1) is 0 Å². The average molecular weight is 228 g/mol. The fourth-order valence-electron chi connectivity index (χ4n) is 1.65. The van der Waals surface area contributed by atoms with E-state index in [1.807, 2.05) is 0 Å². The first-order valence-electron chi connectivity index (χ1n) is 6.04. The van der Waals surface area contributed by atoms with Crippen LogP contribution < -0.4 is 10.6 Å². The molecule has 16 heavy (non-hydrogen) atoms. The van der Waals surface area contributed by atoms with Crippen molar-refractivity contribution in [2.24, 2.45) is 0 Å². The Kier molecular flexibility index (Phi) is 4.56. The highest BCUT2D eigenvalue weighted by molar-refractivity contribution is 5.76. The minimum atomic E-state index is 0.139. The van der Waals surface area contributed by atoms with Gasteiger partial charge in [0, 0.05) is 25.6 Å². The Balaban J connectivity index is 1.45. The summed E-state index contributed by atoms with van der Waals surface area (Å²) in [4.78, 5) is 11.3. The second-order valence-electron chi connectivity index (χ2n) is 4.36. The Hall–Kier alpha value is -0.650. The van der Waals surface area contributed by atoms with E-state index in [4.69, 9.17) is 9.47 Å². The molecule has 0 radical (unpaired) electrons. The smallest absolute Gasteiger partial charge is 0.221 e. The lowest BCUT2D eigenvalue weighted by atomic mass is 10.3. The standard InChI is InChI=1S/C11H20N2O3/c14-11(13-9-1-2-9)3-4-12-7-10-8-15-5-6-16-10/h9-10,12H,1-8H2,(H,13,14). The van der Waals surface area contributed by atoms with E-state index in [1.54, 1.807) is 0 Å². The van der Waals surface area contributed by atoms with E-state index < -0.39 is 0 Å². The van der Waals surface area contributed by atoms with Gasteiger partial charge in [-0.05, 0) is 12.8 Å². The van der Waals surface area contributed by atoms with Crippen LogP contribution in [0.5, 0.6) is 0 Å². The van der Waals surface area contributed by atoms with Crippen LogP contribution in [-0.4, -0.2) is 51.0 Å². The molecule has 1 atom stereocenters. The molecule has 5 heteroatoms. The van der Waals surface area contributed by atoms with Crippen LogP contribution in [-0.2, 0) is 14.3 Å². The van der Waals surface area contributed by atoms with E-state index in [9.17, 15) is 4.79 Å². The monoisotopic (exact) mass is 228 g/mol. The highest BCUT2D eigenvalue weighted by atomic mass is 16.6. The first-order chi connectivity index (χ1) is 7.84. The second kappa shape index (κ2) is 6.18. The molecule has 0 aromatic rings. The Morgan fingerprint density at radius 3 is 2.88 bits per heavy atom. The van der Waals surface area contributed by atoms with Crippen LogP contribution in [0.1, 0.15) is 19.3 Å². The normalized spacial score (nSPS) is 25.4. The van der Waals surface area contributed by atoms with Gasteiger partial charge in [0.2, 0.25) is 5.91 Å². The van der Waals surface area contributed by atoms with Gasteiger partial charge < -0.3 is 20.1 Å². The Morgan fingerprint density at radius 1 is 1.31 bits per heavy atom. The molecule has 1 aliphatic heterocycles. The number of nitrogens with one attached hydrogen (secondary N) is 2. The minimum absolute atomic E-state index is 0.139. The van der Waals surface area contributed by atoms with Crippen LogP contribution in [0.25, 0.3) is 0 Å². The Morgan fingerprint density at radius 2 is 2.19 bits per heavy atom. The molecule has 1 saturated heterocycles. The molecular weight excluding hydrogens is 208 g/mol. The first-order valence-corrected chi connectivity index (χ1v) is 6.04. The van der Waals surface area contributed by atoms with E-state index in [0.717, 1.165) is 19.4 Å². The van der Waals surface area contributed by atoms with Gasteiger partial charge in [0.25, 0.3) is 0 Å². The lowest BCUT2D eigenvalue weighted by Crippen LogP contribution is -2.38. The van der Waals surface area contributed by atoms with E-state index >= 15 is 0 Å². The number of carbonyl (C=O) groups excluding carboxylic acids is 1. The molecule has 0 spiro atoms. The van der Waals surface area contributed by atoms with Crippen LogP contribution in [0.15, 0.2) is 0 Å². The lowest BCUT2D eigenvalue weighted by Gasteiger charge is -2.23. The molecule has 0 bridgehead atoms. The fourth-order valence-corrected chi connectivity index (χ4v) is 1.65. The molecule has 2 aliphatic rings. The third-order valence-electron chi connectivity index (χ3n) is 2.73. The second-order valence-corrected chi connectivity index (χ2v) is 4.36. The van der Waals surface area contributed by atoms with Crippen molar-refractivity contribution in [3.05, 3.63) is 0 Å². The summed E-state index contributed by atoms with van der Waals surface area (Å²) >= 11 is 0. The maximum Gasteiger partial charge on any atom is 0.221 e. The van der Waals surface area contributed by atoms with Crippen molar-refractivity contribution in [1.82, 2.24) is 10.6 Å². The topological polar surface area (TPSA) is 59.6 Å². The molecule has 0 aromatic carbocycles. The molecule has 2 fully saturated rings. The van der Waals surface area contributed by atoms with Crippen LogP contribution in [0, 0.1) is 0 Å². The van der Waals surface area contributed by atoms with Crippen molar-refractivity contribution in [2.45, 2.75) is 31.4 Å². The first kappa shape index (κ1) is 11.8. The minimum Gasteiger partial charge on any atom is -0.376 e. The summed E-state index contributed by atoms with van der Waals surface area (Å²) < 4.78 is 10.7. The maximum absolute atomic E-state index is 11.3. The van der Waals surface area contributed by atoms with Crippen LogP contribution in [0.2, 0.25) is 0 Å². The van der Waals surface area contributed by atoms with E-state index in [0.29, 0.717) is 38.8 Å². The van der Waals surface area contributed by atoms with Crippen molar-refractivity contribution in [2.75, 3.05) is 32.9 Å². The summed E-state index contributed by atoms with van der Waals surface area (Å²) in [5, 5.41) is 6.17. The van der Waals surface area contributed by atoms with Gasteiger partial charge in [-0.25, -0.2) is 0 Å². The molecule has 2 rings (SSSR count). The number of carbonyl (C=O) groups is 1. The van der Waals surface area contributed by atoms with Crippen LogP contribution in [0.4, 0.5) is 0 Å². The predicted octanol–water partition coefficient (Wildman–Crippen LogP) is -0.340. The molecular formula is C11H20N2O3. The number of amides is 1. The van der Waals surface area contributed by atoms with Gasteiger partial charge in [0.05, 0.1) is 25.9 Å². The summed E-state index contributed by atoms with van der Waals surface area (Å²) in [6.45, 7) is 3.49. The van der Waals surface area contributed by atoms with Crippen molar-refractivity contribution in [3.8, 4) is 0 Å². The number of ether oxygens (including phenoxy) is 2. The van der Waals surface area contributed by atoms with Crippen LogP contribution >= 0.6 is 0 Å². The van der Waals surface area contributed by atoms with Crippen molar-refractivity contribution < 1.29 is 14.3 Å². The van der Waals surface area contributed by atoms with Gasteiger partial charge in [0.15, 0.2) is 0 Å². The Labute approximate surface area is 95.9 Å². The molecule has 1 aliphatic carbocycles. The Bertz CT molecular complexity index is 225. The van der Waals surface area contributed by atoms with Crippen molar-refractivity contribution in [1.29, 1.82) is 0 Å². The van der Waals surface area contributed by atoms with Gasteiger partial charge in [-0.3, -0.25) is 4.79 Å². The summed E-state index contributed by atoms with van der Waals surface area (Å²) in [5.41, 5.74) is 0. The zero-order chi connectivity index (χ0) is 11.2. The van der Waals surface area contributed by atoms with Crippen LogP contribution in [0.3, 0.4) is 0 Å². The molecule has 1 saturated carbocycles. The molecule has 1 amide bonds. The van der Waals surface area contributed by atoms with Gasteiger partial charge in [-0.1, -0.05) is 0 Å². The number of hydrogen-bond donors (Lipinski definition) is 2. The quantitative estimate of drug-likeness (QED) is 0.611. The lowest BCUT2D eigenvalue weighted by molar-refractivity contribution is -0.121. The maximum atomic E-state index is 11.3. The van der Waals surface area contributed by atoms with Gasteiger partial charge >= 0.3 is 0 Å². The average Bonchev–Trinajstić information content (AvgIpc) is 3.10. The zero-order valence-electron chi connectivity index (χ0n) is 9.54. The van der Waals surface area contributed by atoms with Gasteiger partial charge in [-0.2, -0.15) is 0 Å².